The van der Waals surface area contributed by atoms with Crippen LogP contribution in [-0.2, 0) is 4.74 Å². The van der Waals surface area contributed by atoms with Gasteiger partial charge < -0.3 is 20.1 Å². The van der Waals surface area contributed by atoms with Crippen LogP contribution in [0.3, 0.4) is 0 Å². The van der Waals surface area contributed by atoms with Crippen molar-refractivity contribution in [1.29, 1.82) is 0 Å². The van der Waals surface area contributed by atoms with Crippen molar-refractivity contribution >= 4 is 11.4 Å². The molecular formula is C14H22N2O2. The molecule has 4 nitrogen and oxygen atoms in total. The molecule has 0 aromatic heterocycles. The van der Waals surface area contributed by atoms with Gasteiger partial charge in [-0.2, -0.15) is 0 Å². The Bertz CT molecular complexity index is 389. The molecule has 1 saturated heterocycles. The maximum absolute atomic E-state index is 5.88. The summed E-state index contributed by atoms with van der Waals surface area (Å²) >= 11 is 0. The zero-order valence-electron chi connectivity index (χ0n) is 11.2. The molecule has 2 rings (SSSR count). The summed E-state index contributed by atoms with van der Waals surface area (Å²) in [5, 5.41) is 0. The average molecular weight is 250 g/mol. The van der Waals surface area contributed by atoms with E-state index in [1.807, 2.05) is 18.2 Å². The van der Waals surface area contributed by atoms with E-state index >= 15 is 0 Å². The van der Waals surface area contributed by atoms with Crippen molar-refractivity contribution in [2.24, 2.45) is 5.92 Å². The second-order valence-electron chi connectivity index (χ2n) is 4.90. The highest BCUT2D eigenvalue weighted by Gasteiger charge is 2.16. The van der Waals surface area contributed by atoms with E-state index in [1.165, 1.54) is 0 Å². The third kappa shape index (κ3) is 3.29. The molecule has 4 heteroatoms. The fourth-order valence-corrected chi connectivity index (χ4v) is 2.37. The van der Waals surface area contributed by atoms with E-state index in [1.54, 1.807) is 7.11 Å². The van der Waals surface area contributed by atoms with Crippen molar-refractivity contribution < 1.29 is 9.47 Å². The Morgan fingerprint density at radius 1 is 1.33 bits per heavy atom. The van der Waals surface area contributed by atoms with Crippen LogP contribution in [-0.4, -0.2) is 33.9 Å². The zero-order valence-corrected chi connectivity index (χ0v) is 11.2. The highest BCUT2D eigenvalue weighted by Crippen LogP contribution is 2.26. The number of benzene rings is 1. The number of hydrogen-bond donors (Lipinski definition) is 1. The number of ether oxygens (including phenoxy) is 2. The minimum Gasteiger partial charge on any atom is -0.497 e. The van der Waals surface area contributed by atoms with Crippen molar-refractivity contribution in [3.05, 3.63) is 18.2 Å². The lowest BCUT2D eigenvalue weighted by atomic mass is 9.99. The van der Waals surface area contributed by atoms with Crippen molar-refractivity contribution in [3.8, 4) is 5.75 Å². The summed E-state index contributed by atoms with van der Waals surface area (Å²) in [6.07, 6.45) is 2.29. The van der Waals surface area contributed by atoms with Gasteiger partial charge >= 0.3 is 0 Å². The molecule has 0 aliphatic carbocycles. The predicted octanol–water partition coefficient (Wildman–Crippen LogP) is 2.14. The maximum Gasteiger partial charge on any atom is 0.122 e. The summed E-state index contributed by atoms with van der Waals surface area (Å²) in [4.78, 5) is 2.24. The molecule has 1 aromatic carbocycles. The van der Waals surface area contributed by atoms with Crippen LogP contribution in [0.15, 0.2) is 18.2 Å². The van der Waals surface area contributed by atoms with Gasteiger partial charge in [0.15, 0.2) is 0 Å². The first kappa shape index (κ1) is 13.0. The third-order valence-corrected chi connectivity index (χ3v) is 3.46. The Hall–Kier alpha value is -1.42. The minimum atomic E-state index is 0.705. The van der Waals surface area contributed by atoms with E-state index in [-0.39, 0.29) is 0 Å². The fourth-order valence-electron chi connectivity index (χ4n) is 2.37. The van der Waals surface area contributed by atoms with Crippen LogP contribution in [0.1, 0.15) is 12.8 Å². The number of nitrogen functional groups attached to an aromatic ring is 1. The van der Waals surface area contributed by atoms with Crippen LogP contribution in [0, 0.1) is 5.92 Å². The van der Waals surface area contributed by atoms with Gasteiger partial charge in [-0.3, -0.25) is 0 Å². The van der Waals surface area contributed by atoms with E-state index in [4.69, 9.17) is 15.2 Å². The second kappa shape index (κ2) is 5.96. The van der Waals surface area contributed by atoms with E-state index < -0.39 is 0 Å². The molecule has 2 N–H and O–H groups in total. The van der Waals surface area contributed by atoms with E-state index in [0.717, 1.165) is 49.7 Å². The SMILES string of the molecule is COc1cc(N)cc(N(C)CC2CCOCC2)c1. The lowest BCUT2D eigenvalue weighted by Gasteiger charge is -2.28. The van der Waals surface area contributed by atoms with Crippen LogP contribution in [0.25, 0.3) is 0 Å². The summed E-state index contributed by atoms with van der Waals surface area (Å²) < 4.78 is 10.6. The zero-order chi connectivity index (χ0) is 13.0. The molecule has 0 atom stereocenters. The van der Waals surface area contributed by atoms with Gasteiger partial charge in [0, 0.05) is 50.3 Å². The summed E-state index contributed by atoms with van der Waals surface area (Å²) in [6.45, 7) is 2.81. The Kier molecular flexibility index (Phi) is 4.31. The summed E-state index contributed by atoms with van der Waals surface area (Å²) in [7, 11) is 3.76. The lowest BCUT2D eigenvalue weighted by Crippen LogP contribution is -2.29. The van der Waals surface area contributed by atoms with Crippen LogP contribution in [0.2, 0.25) is 0 Å². The van der Waals surface area contributed by atoms with Gasteiger partial charge in [0.2, 0.25) is 0 Å². The molecule has 0 unspecified atom stereocenters. The maximum atomic E-state index is 5.88. The van der Waals surface area contributed by atoms with Crippen molar-refractivity contribution in [3.63, 3.8) is 0 Å². The first-order chi connectivity index (χ1) is 8.69. The third-order valence-electron chi connectivity index (χ3n) is 3.46. The van der Waals surface area contributed by atoms with Gasteiger partial charge in [-0.05, 0) is 24.8 Å². The topological polar surface area (TPSA) is 47.7 Å². The molecule has 1 aliphatic rings. The first-order valence-electron chi connectivity index (χ1n) is 6.42. The average Bonchev–Trinajstić information content (AvgIpc) is 2.39. The Balaban J connectivity index is 2.02. The van der Waals surface area contributed by atoms with Crippen LogP contribution in [0.5, 0.6) is 5.75 Å². The molecule has 0 spiro atoms. The van der Waals surface area contributed by atoms with E-state index in [9.17, 15) is 0 Å². The Labute approximate surface area is 109 Å². The van der Waals surface area contributed by atoms with E-state index in [0.29, 0.717) is 5.92 Å². The van der Waals surface area contributed by atoms with Crippen molar-refractivity contribution in [2.75, 3.05) is 44.5 Å². The fraction of sp³-hybridized carbons (Fsp3) is 0.571. The Morgan fingerprint density at radius 2 is 2.06 bits per heavy atom. The van der Waals surface area contributed by atoms with Gasteiger partial charge in [-0.1, -0.05) is 0 Å². The van der Waals surface area contributed by atoms with Gasteiger partial charge in [-0.15, -0.1) is 0 Å². The summed E-state index contributed by atoms with van der Waals surface area (Å²) in [6, 6.07) is 5.85. The Morgan fingerprint density at radius 3 is 2.72 bits per heavy atom. The smallest absolute Gasteiger partial charge is 0.122 e. The summed E-state index contributed by atoms with van der Waals surface area (Å²) in [5.74, 6) is 1.51. The quantitative estimate of drug-likeness (QED) is 0.832. The van der Waals surface area contributed by atoms with Gasteiger partial charge in [0.05, 0.1) is 7.11 Å². The van der Waals surface area contributed by atoms with Gasteiger partial charge in [0.25, 0.3) is 0 Å². The number of nitrogens with zero attached hydrogens (tertiary/aromatic N) is 1. The molecule has 18 heavy (non-hydrogen) atoms. The number of anilines is 2. The monoisotopic (exact) mass is 250 g/mol. The van der Waals surface area contributed by atoms with E-state index in [2.05, 4.69) is 11.9 Å². The molecule has 1 fully saturated rings. The first-order valence-corrected chi connectivity index (χ1v) is 6.42. The molecular weight excluding hydrogens is 228 g/mol. The molecule has 1 aromatic rings. The van der Waals surface area contributed by atoms with Crippen LogP contribution < -0.4 is 15.4 Å². The standard InChI is InChI=1S/C14H22N2O2/c1-16(10-11-3-5-18-6-4-11)13-7-12(15)8-14(9-13)17-2/h7-9,11H,3-6,10,15H2,1-2H3. The lowest BCUT2D eigenvalue weighted by molar-refractivity contribution is 0.0685. The molecule has 100 valence electrons. The molecule has 0 bridgehead atoms. The summed E-state index contributed by atoms with van der Waals surface area (Å²) in [5.41, 5.74) is 7.73. The molecule has 1 heterocycles. The normalized spacial score (nSPS) is 16.6. The van der Waals surface area contributed by atoms with Gasteiger partial charge in [-0.25, -0.2) is 0 Å². The number of rotatable bonds is 4. The minimum absolute atomic E-state index is 0.705. The molecule has 1 aliphatic heterocycles. The van der Waals surface area contributed by atoms with Crippen molar-refractivity contribution in [1.82, 2.24) is 0 Å². The number of nitrogens with two attached hydrogens (primary N) is 1. The number of hydrogen-bond acceptors (Lipinski definition) is 4. The predicted molar refractivity (Wildman–Crippen MR) is 74.2 cm³/mol. The van der Waals surface area contributed by atoms with Crippen molar-refractivity contribution in [2.45, 2.75) is 12.8 Å². The second-order valence-corrected chi connectivity index (χ2v) is 4.90. The molecule has 0 amide bonds. The molecule has 0 radical (unpaired) electrons. The highest BCUT2D eigenvalue weighted by molar-refractivity contribution is 5.60. The van der Waals surface area contributed by atoms with Crippen LogP contribution >= 0.6 is 0 Å². The van der Waals surface area contributed by atoms with Crippen LogP contribution in [0.4, 0.5) is 11.4 Å². The highest BCUT2D eigenvalue weighted by atomic mass is 16.5. The largest absolute Gasteiger partial charge is 0.497 e. The number of methoxy groups -OCH3 is 1. The van der Waals surface area contributed by atoms with Gasteiger partial charge in [0.1, 0.15) is 5.75 Å². The molecule has 0 saturated carbocycles.